The maximum atomic E-state index is 12.0. The van der Waals surface area contributed by atoms with Gasteiger partial charge in [0.2, 0.25) is 5.95 Å². The van der Waals surface area contributed by atoms with E-state index in [9.17, 15) is 14.9 Å². The molecule has 0 saturated heterocycles. The van der Waals surface area contributed by atoms with Crippen LogP contribution < -0.4 is 10.1 Å². The molecule has 10 heteroatoms. The molecular weight excluding hydrogens is 268 g/mol. The number of rotatable bonds is 4. The molecule has 0 bridgehead atoms. The Morgan fingerprint density at radius 3 is 2.80 bits per heavy atom. The average molecular weight is 278 g/mol. The first-order valence-electron chi connectivity index (χ1n) is 5.39. The number of amides is 1. The van der Waals surface area contributed by atoms with E-state index >= 15 is 0 Å². The third-order valence-corrected chi connectivity index (χ3v) is 2.48. The number of nitro benzene ring substituents is 1. The predicted octanol–water partition coefficient (Wildman–Crippen LogP) is 0.379. The van der Waals surface area contributed by atoms with Crippen LogP contribution in [-0.4, -0.2) is 38.1 Å². The van der Waals surface area contributed by atoms with E-state index in [0.29, 0.717) is 0 Å². The Kier molecular flexibility index (Phi) is 3.55. The summed E-state index contributed by atoms with van der Waals surface area (Å²) in [6.07, 6.45) is 0. The Balaban J connectivity index is 2.27. The molecule has 0 aliphatic heterocycles. The quantitative estimate of drug-likeness (QED) is 0.632. The molecule has 1 aromatic carbocycles. The minimum Gasteiger partial charge on any atom is -0.490 e. The Morgan fingerprint density at radius 2 is 2.25 bits per heavy atom. The molecule has 0 atom stereocenters. The number of aromatic nitrogens is 4. The van der Waals surface area contributed by atoms with Gasteiger partial charge in [0.05, 0.1) is 12.0 Å². The van der Waals surface area contributed by atoms with Crippen LogP contribution in [0.4, 0.5) is 11.6 Å². The van der Waals surface area contributed by atoms with Gasteiger partial charge in [0, 0.05) is 24.7 Å². The van der Waals surface area contributed by atoms with Crippen molar-refractivity contribution in [2.45, 2.75) is 0 Å². The fraction of sp³-hybridized carbons (Fsp3) is 0.200. The molecule has 0 saturated carbocycles. The van der Waals surface area contributed by atoms with Gasteiger partial charge in [-0.3, -0.25) is 20.2 Å². The number of tetrazole rings is 1. The highest BCUT2D eigenvalue weighted by atomic mass is 16.6. The lowest BCUT2D eigenvalue weighted by Crippen LogP contribution is -2.15. The molecule has 2 rings (SSSR count). The number of nitrogens with one attached hydrogen (secondary N) is 1. The van der Waals surface area contributed by atoms with Crippen LogP contribution in [0, 0.1) is 10.1 Å². The van der Waals surface area contributed by atoms with Crippen LogP contribution in [0.25, 0.3) is 0 Å². The second-order valence-corrected chi connectivity index (χ2v) is 3.72. The lowest BCUT2D eigenvalue weighted by atomic mass is 10.2. The summed E-state index contributed by atoms with van der Waals surface area (Å²) in [6.45, 7) is 0. The van der Waals surface area contributed by atoms with Gasteiger partial charge in [-0.05, 0) is 16.5 Å². The molecule has 10 nitrogen and oxygen atoms in total. The fourth-order valence-corrected chi connectivity index (χ4v) is 1.48. The third kappa shape index (κ3) is 2.53. The van der Waals surface area contributed by atoms with E-state index in [-0.39, 0.29) is 22.9 Å². The van der Waals surface area contributed by atoms with Crippen molar-refractivity contribution in [2.24, 2.45) is 7.05 Å². The third-order valence-electron chi connectivity index (χ3n) is 2.48. The van der Waals surface area contributed by atoms with Gasteiger partial charge in [-0.15, -0.1) is 0 Å². The summed E-state index contributed by atoms with van der Waals surface area (Å²) in [5, 5.41) is 23.8. The number of ether oxygens (including phenoxy) is 1. The van der Waals surface area contributed by atoms with Gasteiger partial charge in [0.25, 0.3) is 5.91 Å². The molecule has 0 spiro atoms. The molecule has 1 aromatic heterocycles. The van der Waals surface area contributed by atoms with Gasteiger partial charge < -0.3 is 4.74 Å². The second kappa shape index (κ2) is 5.30. The smallest absolute Gasteiger partial charge is 0.310 e. The number of hydrogen-bond acceptors (Lipinski definition) is 7. The Bertz CT molecular complexity index is 668. The number of anilines is 1. The van der Waals surface area contributed by atoms with E-state index in [0.717, 1.165) is 0 Å². The number of aryl methyl sites for hydroxylation is 1. The van der Waals surface area contributed by atoms with Gasteiger partial charge in [-0.2, -0.15) is 0 Å². The zero-order chi connectivity index (χ0) is 14.7. The summed E-state index contributed by atoms with van der Waals surface area (Å²) in [4.78, 5) is 22.1. The number of methoxy groups -OCH3 is 1. The summed E-state index contributed by atoms with van der Waals surface area (Å²) in [6, 6.07) is 3.79. The summed E-state index contributed by atoms with van der Waals surface area (Å²) >= 11 is 0. The van der Waals surface area contributed by atoms with E-state index in [4.69, 9.17) is 4.74 Å². The maximum Gasteiger partial charge on any atom is 0.310 e. The molecule has 0 aliphatic rings. The molecule has 0 fully saturated rings. The van der Waals surface area contributed by atoms with Crippen molar-refractivity contribution in [3.63, 3.8) is 0 Å². The van der Waals surface area contributed by atoms with E-state index in [2.05, 4.69) is 20.8 Å². The SMILES string of the molecule is COc1cc(C(=O)Nc2nnnn2C)ccc1[N+](=O)[O-]. The topological polar surface area (TPSA) is 125 Å². The minimum atomic E-state index is -0.590. The van der Waals surface area contributed by atoms with Gasteiger partial charge in [-0.25, -0.2) is 4.68 Å². The number of nitro groups is 1. The van der Waals surface area contributed by atoms with Crippen molar-refractivity contribution < 1.29 is 14.5 Å². The first-order valence-corrected chi connectivity index (χ1v) is 5.39. The first-order chi connectivity index (χ1) is 9.52. The van der Waals surface area contributed by atoms with E-state index in [1.54, 1.807) is 7.05 Å². The van der Waals surface area contributed by atoms with Crippen LogP contribution in [0.15, 0.2) is 18.2 Å². The van der Waals surface area contributed by atoms with Crippen molar-refractivity contribution in [1.29, 1.82) is 0 Å². The van der Waals surface area contributed by atoms with Gasteiger partial charge >= 0.3 is 5.69 Å². The molecular formula is C10H10N6O4. The van der Waals surface area contributed by atoms with E-state index < -0.39 is 10.8 Å². The fourth-order valence-electron chi connectivity index (χ4n) is 1.48. The Hall–Kier alpha value is -3.04. The van der Waals surface area contributed by atoms with Gasteiger partial charge in [-0.1, -0.05) is 5.10 Å². The van der Waals surface area contributed by atoms with Crippen molar-refractivity contribution in [3.8, 4) is 5.75 Å². The van der Waals surface area contributed by atoms with Crippen molar-refractivity contribution in [1.82, 2.24) is 20.2 Å². The van der Waals surface area contributed by atoms with Crippen molar-refractivity contribution in [3.05, 3.63) is 33.9 Å². The Morgan fingerprint density at radius 1 is 1.50 bits per heavy atom. The lowest BCUT2D eigenvalue weighted by molar-refractivity contribution is -0.385. The Labute approximate surface area is 112 Å². The van der Waals surface area contributed by atoms with Crippen molar-refractivity contribution >= 4 is 17.5 Å². The van der Waals surface area contributed by atoms with E-state index in [1.807, 2.05) is 0 Å². The molecule has 20 heavy (non-hydrogen) atoms. The van der Waals surface area contributed by atoms with Crippen LogP contribution >= 0.6 is 0 Å². The van der Waals surface area contributed by atoms with Crippen LogP contribution in [0.1, 0.15) is 10.4 Å². The van der Waals surface area contributed by atoms with Crippen molar-refractivity contribution in [2.75, 3.05) is 12.4 Å². The first kappa shape index (κ1) is 13.4. The highest BCUT2D eigenvalue weighted by Crippen LogP contribution is 2.27. The summed E-state index contributed by atoms with van der Waals surface area (Å²) < 4.78 is 6.17. The van der Waals surface area contributed by atoms with Gasteiger partial charge in [0.15, 0.2) is 5.75 Å². The molecule has 0 aliphatic carbocycles. The number of hydrogen-bond donors (Lipinski definition) is 1. The average Bonchev–Trinajstić information content (AvgIpc) is 2.83. The standard InChI is InChI=1S/C10H10N6O4/c1-15-10(12-13-14-15)11-9(17)6-3-4-7(16(18)19)8(5-6)20-2/h3-5H,1-2H3,(H,11,12,14,17). The molecule has 104 valence electrons. The van der Waals surface area contributed by atoms with Crippen LogP contribution in [0.5, 0.6) is 5.75 Å². The molecule has 1 N–H and O–H groups in total. The van der Waals surface area contributed by atoms with Crippen LogP contribution in [0.2, 0.25) is 0 Å². The summed E-state index contributed by atoms with van der Waals surface area (Å²) in [5.41, 5.74) is -0.0279. The highest BCUT2D eigenvalue weighted by molar-refractivity contribution is 6.03. The monoisotopic (exact) mass is 278 g/mol. The zero-order valence-electron chi connectivity index (χ0n) is 10.6. The predicted molar refractivity (Wildman–Crippen MR) is 66.4 cm³/mol. The highest BCUT2D eigenvalue weighted by Gasteiger charge is 2.18. The number of carbonyl (C=O) groups excluding carboxylic acids is 1. The molecule has 1 amide bonds. The molecule has 0 radical (unpaired) electrons. The molecule has 1 heterocycles. The van der Waals surface area contributed by atoms with Crippen LogP contribution in [0.3, 0.4) is 0 Å². The van der Waals surface area contributed by atoms with Crippen LogP contribution in [-0.2, 0) is 7.05 Å². The number of carbonyl (C=O) groups is 1. The number of nitrogens with zero attached hydrogens (tertiary/aromatic N) is 5. The maximum absolute atomic E-state index is 12.0. The number of benzene rings is 1. The normalized spacial score (nSPS) is 10.1. The van der Waals surface area contributed by atoms with Gasteiger partial charge in [0.1, 0.15) is 0 Å². The minimum absolute atomic E-state index is 0.00117. The lowest BCUT2D eigenvalue weighted by Gasteiger charge is -2.05. The zero-order valence-corrected chi connectivity index (χ0v) is 10.6. The second-order valence-electron chi connectivity index (χ2n) is 3.72. The molecule has 2 aromatic rings. The molecule has 0 unspecified atom stereocenters. The summed E-state index contributed by atoms with van der Waals surface area (Å²) in [5.74, 6) is -0.345. The largest absolute Gasteiger partial charge is 0.490 e. The summed E-state index contributed by atoms with van der Waals surface area (Å²) in [7, 11) is 2.85. The van der Waals surface area contributed by atoms with E-state index in [1.165, 1.54) is 30.0 Å².